The molecule has 0 spiro atoms. The number of nitrogens with one attached hydrogen (secondary N) is 1. The van der Waals surface area contributed by atoms with Gasteiger partial charge in [-0.3, -0.25) is 13.9 Å². The quantitative estimate of drug-likeness (QED) is 0.299. The number of ether oxygens (including phenoxy) is 1. The lowest BCUT2D eigenvalue weighted by molar-refractivity contribution is -0.139. The number of carbonyl (C=O) groups excluding carboxylic acids is 2. The van der Waals surface area contributed by atoms with Crippen LogP contribution in [0.4, 0.5) is 5.69 Å². The third-order valence-corrected chi connectivity index (χ3v) is 9.60. The van der Waals surface area contributed by atoms with Crippen LogP contribution in [-0.4, -0.2) is 50.9 Å². The van der Waals surface area contributed by atoms with Crippen molar-refractivity contribution in [3.63, 3.8) is 0 Å². The van der Waals surface area contributed by atoms with Gasteiger partial charge in [-0.25, -0.2) is 8.42 Å². The van der Waals surface area contributed by atoms with Crippen molar-refractivity contribution >= 4 is 39.1 Å². The van der Waals surface area contributed by atoms with Gasteiger partial charge in [0.1, 0.15) is 18.3 Å². The predicted octanol–water partition coefficient (Wildman–Crippen LogP) is 5.72. The Morgan fingerprint density at radius 2 is 1.69 bits per heavy atom. The fraction of sp³-hybridized carbons (Fsp3) is 0.375. The Balaban J connectivity index is 1.68. The maximum absolute atomic E-state index is 14.1. The molecular formula is C32H38ClN3O5S. The summed E-state index contributed by atoms with van der Waals surface area (Å²) in [5, 5.41) is 3.44. The molecule has 224 valence electrons. The van der Waals surface area contributed by atoms with E-state index in [1.54, 1.807) is 37.3 Å². The van der Waals surface area contributed by atoms with E-state index in [2.05, 4.69) is 5.32 Å². The van der Waals surface area contributed by atoms with Crippen molar-refractivity contribution in [1.29, 1.82) is 0 Å². The van der Waals surface area contributed by atoms with E-state index in [0.29, 0.717) is 10.8 Å². The number of hydrogen-bond donors (Lipinski definition) is 1. The molecule has 1 fully saturated rings. The van der Waals surface area contributed by atoms with Gasteiger partial charge in [-0.15, -0.1) is 0 Å². The topological polar surface area (TPSA) is 96.0 Å². The Kier molecular flexibility index (Phi) is 10.5. The fourth-order valence-electron chi connectivity index (χ4n) is 5.19. The van der Waals surface area contributed by atoms with Crippen LogP contribution < -0.4 is 14.4 Å². The SMILES string of the molecule is COc1ccc(S(=O)(=O)N(CC(=O)N(Cc2cccc(C)c2)[C@@H](C)C(=O)NC2CCCCC2)c2cccc(Cl)c2)cc1. The number of carbonyl (C=O) groups is 2. The van der Waals surface area contributed by atoms with Crippen LogP contribution in [0.15, 0.2) is 77.7 Å². The van der Waals surface area contributed by atoms with Crippen molar-refractivity contribution in [2.75, 3.05) is 18.0 Å². The van der Waals surface area contributed by atoms with Crippen molar-refractivity contribution in [1.82, 2.24) is 10.2 Å². The minimum absolute atomic E-state index is 0.00982. The average Bonchev–Trinajstić information content (AvgIpc) is 2.98. The first-order chi connectivity index (χ1) is 20.1. The highest BCUT2D eigenvalue weighted by molar-refractivity contribution is 7.92. The molecule has 0 aromatic heterocycles. The first-order valence-electron chi connectivity index (χ1n) is 14.2. The molecule has 0 saturated heterocycles. The molecule has 3 aromatic carbocycles. The number of nitrogens with zero attached hydrogens (tertiary/aromatic N) is 2. The molecule has 42 heavy (non-hydrogen) atoms. The largest absolute Gasteiger partial charge is 0.497 e. The lowest BCUT2D eigenvalue weighted by Gasteiger charge is -2.33. The van der Waals surface area contributed by atoms with Gasteiger partial charge in [0.05, 0.1) is 17.7 Å². The standard InChI is InChI=1S/C32H38ClN3O5S/c1-23-9-7-10-25(19-23)21-35(24(2)32(38)34-27-12-5-4-6-13-27)31(37)22-36(28-14-8-11-26(33)20-28)42(39,40)30-17-15-29(41-3)16-18-30/h7-11,14-20,24,27H,4-6,12-13,21-22H2,1-3H3,(H,34,38)/t24-/m0/s1. The van der Waals surface area contributed by atoms with Crippen LogP contribution in [-0.2, 0) is 26.2 Å². The number of aryl methyl sites for hydroxylation is 1. The summed E-state index contributed by atoms with van der Waals surface area (Å²) in [4.78, 5) is 29.0. The average molecular weight is 612 g/mol. The Labute approximate surface area is 253 Å². The molecule has 4 rings (SSSR count). The van der Waals surface area contributed by atoms with Crippen LogP contribution in [0.1, 0.15) is 50.2 Å². The summed E-state index contributed by atoms with van der Waals surface area (Å²) in [7, 11) is -2.71. The molecule has 10 heteroatoms. The Morgan fingerprint density at radius 3 is 2.33 bits per heavy atom. The number of sulfonamides is 1. The summed E-state index contributed by atoms with van der Waals surface area (Å²) < 4.78 is 34.1. The molecule has 0 heterocycles. The molecule has 0 radical (unpaired) electrons. The zero-order valence-electron chi connectivity index (χ0n) is 24.3. The molecule has 0 unspecified atom stereocenters. The molecule has 1 saturated carbocycles. The van der Waals surface area contributed by atoms with Gasteiger partial charge in [-0.05, 0) is 74.7 Å². The van der Waals surface area contributed by atoms with E-state index in [0.717, 1.165) is 47.5 Å². The van der Waals surface area contributed by atoms with Crippen LogP contribution in [0.5, 0.6) is 5.75 Å². The van der Waals surface area contributed by atoms with Crippen molar-refractivity contribution in [2.45, 2.75) is 69.5 Å². The van der Waals surface area contributed by atoms with Crippen molar-refractivity contribution in [3.8, 4) is 5.75 Å². The van der Waals surface area contributed by atoms with E-state index in [1.807, 2.05) is 31.2 Å². The van der Waals surface area contributed by atoms with E-state index < -0.39 is 28.5 Å². The molecule has 0 bridgehead atoms. The number of anilines is 1. The highest BCUT2D eigenvalue weighted by atomic mass is 35.5. The third-order valence-electron chi connectivity index (χ3n) is 7.58. The van der Waals surface area contributed by atoms with Crippen molar-refractivity contribution in [2.24, 2.45) is 0 Å². The monoisotopic (exact) mass is 611 g/mol. The Bertz CT molecular complexity index is 1490. The summed E-state index contributed by atoms with van der Waals surface area (Å²) in [5.41, 5.74) is 2.09. The van der Waals surface area contributed by atoms with Gasteiger partial charge < -0.3 is 15.0 Å². The highest BCUT2D eigenvalue weighted by Crippen LogP contribution is 2.28. The zero-order valence-corrected chi connectivity index (χ0v) is 25.8. The summed E-state index contributed by atoms with van der Waals surface area (Å²) in [6.45, 7) is 3.26. The second kappa shape index (κ2) is 14.1. The third kappa shape index (κ3) is 7.83. The van der Waals surface area contributed by atoms with Gasteiger partial charge in [0, 0.05) is 17.6 Å². The van der Waals surface area contributed by atoms with Crippen LogP contribution in [0.2, 0.25) is 5.02 Å². The van der Waals surface area contributed by atoms with E-state index in [1.165, 1.54) is 30.2 Å². The van der Waals surface area contributed by atoms with Crippen LogP contribution in [0.25, 0.3) is 0 Å². The summed E-state index contributed by atoms with van der Waals surface area (Å²) in [5.74, 6) is -0.267. The normalized spacial score (nSPS) is 14.6. The first-order valence-corrected chi connectivity index (χ1v) is 16.0. The molecule has 3 aromatic rings. The van der Waals surface area contributed by atoms with Gasteiger partial charge in [0.15, 0.2) is 0 Å². The molecule has 1 aliphatic carbocycles. The number of rotatable bonds is 11. The van der Waals surface area contributed by atoms with Gasteiger partial charge in [-0.2, -0.15) is 0 Å². The maximum Gasteiger partial charge on any atom is 0.264 e. The molecule has 1 N–H and O–H groups in total. The molecular weight excluding hydrogens is 574 g/mol. The van der Waals surface area contributed by atoms with Crippen LogP contribution in [0.3, 0.4) is 0 Å². The minimum Gasteiger partial charge on any atom is -0.497 e. The number of methoxy groups -OCH3 is 1. The highest BCUT2D eigenvalue weighted by Gasteiger charge is 2.33. The molecule has 2 amide bonds. The van der Waals surface area contributed by atoms with Crippen molar-refractivity contribution < 1.29 is 22.7 Å². The number of hydrogen-bond acceptors (Lipinski definition) is 5. The van der Waals surface area contributed by atoms with E-state index in [-0.39, 0.29) is 29.1 Å². The van der Waals surface area contributed by atoms with E-state index in [4.69, 9.17) is 16.3 Å². The van der Waals surface area contributed by atoms with E-state index in [9.17, 15) is 18.0 Å². The Hall–Kier alpha value is -3.56. The molecule has 0 aliphatic heterocycles. The first kappa shape index (κ1) is 31.4. The lowest BCUT2D eigenvalue weighted by Crippen LogP contribution is -2.53. The summed E-state index contributed by atoms with van der Waals surface area (Å²) in [6.07, 6.45) is 5.09. The molecule has 1 aliphatic rings. The van der Waals surface area contributed by atoms with Gasteiger partial charge in [0.2, 0.25) is 11.8 Å². The van der Waals surface area contributed by atoms with Gasteiger partial charge in [0.25, 0.3) is 10.0 Å². The minimum atomic E-state index is -4.20. The van der Waals surface area contributed by atoms with Gasteiger partial charge in [-0.1, -0.05) is 66.8 Å². The molecule has 1 atom stereocenters. The second-order valence-electron chi connectivity index (χ2n) is 10.7. The number of benzene rings is 3. The second-order valence-corrected chi connectivity index (χ2v) is 13.0. The zero-order chi connectivity index (χ0) is 30.3. The van der Waals surface area contributed by atoms with Crippen molar-refractivity contribution in [3.05, 3.63) is 88.9 Å². The smallest absolute Gasteiger partial charge is 0.264 e. The Morgan fingerprint density at radius 1 is 1.00 bits per heavy atom. The fourth-order valence-corrected chi connectivity index (χ4v) is 6.78. The molecule has 8 nitrogen and oxygen atoms in total. The van der Waals surface area contributed by atoms with Crippen LogP contribution >= 0.6 is 11.6 Å². The van der Waals surface area contributed by atoms with Crippen LogP contribution in [0, 0.1) is 6.92 Å². The summed E-state index contributed by atoms with van der Waals surface area (Å²) in [6, 6.07) is 19.2. The lowest BCUT2D eigenvalue weighted by atomic mass is 9.95. The maximum atomic E-state index is 14.1. The van der Waals surface area contributed by atoms with Gasteiger partial charge >= 0.3 is 0 Å². The number of amides is 2. The summed E-state index contributed by atoms with van der Waals surface area (Å²) >= 11 is 6.24. The predicted molar refractivity (Wildman–Crippen MR) is 165 cm³/mol. The number of halogens is 1. The van der Waals surface area contributed by atoms with E-state index >= 15 is 0 Å².